The molecule has 122 valence electrons. The normalized spacial score (nSPS) is 11.5. The Morgan fingerprint density at radius 2 is 0.958 bits per heavy atom. The zero-order valence-electron chi connectivity index (χ0n) is 14.5. The van der Waals surface area contributed by atoms with Gasteiger partial charge in [-0.2, -0.15) is 0 Å². The molecule has 0 bridgehead atoms. The zero-order chi connectivity index (χ0) is 16.8. The second kappa shape index (κ2) is 7.69. The third-order valence-corrected chi connectivity index (χ3v) is 8.44. The van der Waals surface area contributed by atoms with Crippen molar-refractivity contribution in [3.63, 3.8) is 0 Å². The monoisotopic (exact) mass is 332 g/mol. The van der Waals surface area contributed by atoms with Crippen LogP contribution in [-0.4, -0.2) is 5.80 Å². The quantitative estimate of drug-likeness (QED) is 0.587. The third-order valence-electron chi connectivity index (χ3n) is 4.34. The minimum absolute atomic E-state index is 0.653. The Bertz CT molecular complexity index is 699. The molecule has 0 aliphatic rings. The van der Waals surface area contributed by atoms with E-state index in [0.29, 0.717) is 5.92 Å². The minimum Gasteiger partial charge on any atom is -0.0740 e. The predicted molar refractivity (Wildman–Crippen MR) is 111 cm³/mol. The number of hydrogen-bond donors (Lipinski definition) is 0. The molecule has 0 nitrogen and oxygen atoms in total. The molecule has 0 aliphatic heterocycles. The maximum absolute atomic E-state index is 2.61. The van der Waals surface area contributed by atoms with E-state index in [0.717, 1.165) is 6.42 Å². The maximum atomic E-state index is 2.61. The van der Waals surface area contributed by atoms with Crippen LogP contribution >= 0.6 is 6.89 Å². The highest BCUT2D eigenvalue weighted by Gasteiger charge is 2.24. The summed E-state index contributed by atoms with van der Waals surface area (Å²) in [6.45, 7) is 2.86. The zero-order valence-corrected chi connectivity index (χ0v) is 15.4. The number of rotatable bonds is 5. The summed E-state index contributed by atoms with van der Waals surface area (Å²) in [6, 6.07) is 33.1. The molecule has 0 saturated heterocycles. The molecule has 0 aromatic heterocycles. The maximum Gasteiger partial charge on any atom is -0.0163 e. The highest BCUT2D eigenvalue weighted by Crippen LogP contribution is 2.44. The van der Waals surface area contributed by atoms with Gasteiger partial charge in [0.05, 0.1) is 0 Å². The Balaban J connectivity index is 2.35. The largest absolute Gasteiger partial charge is 0.0740 e. The van der Waals surface area contributed by atoms with Crippen LogP contribution in [0.5, 0.6) is 0 Å². The van der Waals surface area contributed by atoms with E-state index in [4.69, 9.17) is 0 Å². The molecule has 1 heteroatoms. The lowest BCUT2D eigenvalue weighted by Gasteiger charge is -2.29. The first-order chi connectivity index (χ1) is 11.7. The van der Waals surface area contributed by atoms with Crippen molar-refractivity contribution in [3.05, 3.63) is 91.0 Å². The van der Waals surface area contributed by atoms with Gasteiger partial charge in [0.2, 0.25) is 0 Å². The van der Waals surface area contributed by atoms with Crippen molar-refractivity contribution in [2.45, 2.75) is 20.3 Å². The van der Waals surface area contributed by atoms with E-state index in [1.54, 1.807) is 0 Å². The first kappa shape index (κ1) is 16.8. The summed E-state index contributed by atoms with van der Waals surface area (Å²) in [6.07, 6.45) is 1.12. The van der Waals surface area contributed by atoms with Crippen LogP contribution in [0.25, 0.3) is 0 Å². The van der Waals surface area contributed by atoms with Gasteiger partial charge in [0, 0.05) is 0 Å². The molecule has 3 aromatic rings. The van der Waals surface area contributed by atoms with Gasteiger partial charge in [-0.1, -0.05) is 111 Å². The van der Waals surface area contributed by atoms with Gasteiger partial charge in [-0.05, 0) is 35.1 Å². The lowest BCUT2D eigenvalue weighted by molar-refractivity contribution is 0.694. The van der Waals surface area contributed by atoms with Crippen molar-refractivity contribution in [1.29, 1.82) is 0 Å². The van der Waals surface area contributed by atoms with Gasteiger partial charge >= 0.3 is 0 Å². The van der Waals surface area contributed by atoms with E-state index in [1.165, 1.54) is 15.9 Å². The summed E-state index contributed by atoms with van der Waals surface area (Å²) in [4.78, 5) is 0. The Labute approximate surface area is 146 Å². The van der Waals surface area contributed by atoms with Gasteiger partial charge < -0.3 is 0 Å². The number of benzene rings is 3. The molecule has 3 rings (SSSR count). The van der Waals surface area contributed by atoms with Crippen molar-refractivity contribution in [2.24, 2.45) is 5.92 Å². The average molecular weight is 332 g/mol. The van der Waals surface area contributed by atoms with Crippen molar-refractivity contribution < 1.29 is 0 Å². The molecule has 24 heavy (non-hydrogen) atoms. The van der Waals surface area contributed by atoms with Crippen LogP contribution < -0.4 is 15.9 Å². The first-order valence-corrected chi connectivity index (χ1v) is 10.5. The molecule has 0 spiro atoms. The van der Waals surface area contributed by atoms with Crippen LogP contribution in [0, 0.1) is 5.92 Å². The molecule has 0 fully saturated rings. The van der Waals surface area contributed by atoms with E-state index in [9.17, 15) is 0 Å². The van der Waals surface area contributed by atoms with Crippen molar-refractivity contribution in [2.75, 3.05) is 0 Å². The highest BCUT2D eigenvalue weighted by molar-refractivity contribution is 7.94. The van der Waals surface area contributed by atoms with Crippen LogP contribution in [0.2, 0.25) is 0 Å². The second-order valence-corrected chi connectivity index (χ2v) is 9.90. The van der Waals surface area contributed by atoms with Crippen molar-refractivity contribution in [3.8, 4) is 0 Å². The smallest absolute Gasteiger partial charge is 0.0163 e. The van der Waals surface area contributed by atoms with E-state index in [2.05, 4.69) is 111 Å². The molecule has 0 amide bonds. The Morgan fingerprint density at radius 1 is 0.625 bits per heavy atom. The van der Waals surface area contributed by atoms with Gasteiger partial charge in [-0.25, -0.2) is 0 Å². The summed E-state index contributed by atoms with van der Waals surface area (Å²) in [5.41, 5.74) is 0. The summed E-state index contributed by atoms with van der Waals surface area (Å²) in [5, 5.41) is 4.30. The lowest BCUT2D eigenvalue weighted by Crippen LogP contribution is -2.27. The van der Waals surface area contributed by atoms with Gasteiger partial charge in [0.15, 0.2) is 0 Å². The summed E-state index contributed by atoms with van der Waals surface area (Å²) in [7, 11) is 0. The minimum atomic E-state index is -1.73. The SMILES string of the molecule is CC(C)CC=P(c1ccccc1)(c1ccccc1)c1ccccc1. The molecule has 0 aliphatic carbocycles. The van der Waals surface area contributed by atoms with Crippen molar-refractivity contribution >= 4 is 28.6 Å². The van der Waals surface area contributed by atoms with E-state index in [1.807, 2.05) is 0 Å². The summed E-state index contributed by atoms with van der Waals surface area (Å²) < 4.78 is 0. The van der Waals surface area contributed by atoms with Gasteiger partial charge in [0.25, 0.3) is 0 Å². The Kier molecular flexibility index (Phi) is 5.38. The highest BCUT2D eigenvalue weighted by atomic mass is 31.2. The van der Waals surface area contributed by atoms with Crippen LogP contribution in [0.1, 0.15) is 20.3 Å². The number of hydrogen-bond acceptors (Lipinski definition) is 0. The van der Waals surface area contributed by atoms with E-state index < -0.39 is 6.89 Å². The van der Waals surface area contributed by atoms with Crippen LogP contribution in [0.15, 0.2) is 91.0 Å². The van der Waals surface area contributed by atoms with Crippen LogP contribution in [0.3, 0.4) is 0 Å². The fraction of sp³-hybridized carbons (Fsp3) is 0.174. The topological polar surface area (TPSA) is 0 Å². The molecule has 0 unspecified atom stereocenters. The van der Waals surface area contributed by atoms with Gasteiger partial charge in [0.1, 0.15) is 0 Å². The van der Waals surface area contributed by atoms with E-state index in [-0.39, 0.29) is 0 Å². The molecule has 3 aromatic carbocycles. The van der Waals surface area contributed by atoms with Gasteiger partial charge in [-0.15, -0.1) is 0 Å². The third kappa shape index (κ3) is 3.40. The standard InChI is InChI=1S/C23H25P/c1-20(2)18-19-24(21-12-6-3-7-13-21,22-14-8-4-9-15-22)23-16-10-5-11-17-23/h3-17,19-20H,18H2,1-2H3. The second-order valence-electron chi connectivity index (χ2n) is 6.54. The average Bonchev–Trinajstić information content (AvgIpc) is 2.65. The summed E-state index contributed by atoms with van der Waals surface area (Å²) >= 11 is 0. The fourth-order valence-electron chi connectivity index (χ4n) is 3.12. The lowest BCUT2D eigenvalue weighted by atomic mass is 10.2. The Morgan fingerprint density at radius 3 is 1.25 bits per heavy atom. The molecule has 0 N–H and O–H groups in total. The Hall–Kier alpha value is -2.04. The van der Waals surface area contributed by atoms with Crippen LogP contribution in [0.4, 0.5) is 0 Å². The van der Waals surface area contributed by atoms with Gasteiger partial charge in [-0.3, -0.25) is 0 Å². The van der Waals surface area contributed by atoms with Crippen molar-refractivity contribution in [1.82, 2.24) is 0 Å². The molecule has 0 heterocycles. The fourth-order valence-corrected chi connectivity index (χ4v) is 7.31. The van der Waals surface area contributed by atoms with E-state index >= 15 is 0 Å². The molecule has 0 saturated carbocycles. The molecule has 0 radical (unpaired) electrons. The predicted octanol–water partition coefficient (Wildman–Crippen LogP) is 4.83. The molecule has 0 atom stereocenters. The molecular formula is C23H25P. The first-order valence-electron chi connectivity index (χ1n) is 8.63. The molecular weight excluding hydrogens is 307 g/mol. The van der Waals surface area contributed by atoms with Crippen LogP contribution in [-0.2, 0) is 0 Å². The summed E-state index contributed by atoms with van der Waals surface area (Å²) in [5.74, 6) is 3.26.